The van der Waals surface area contributed by atoms with Crippen LogP contribution in [0.15, 0.2) is 24.2 Å². The number of nitrogens with one attached hydrogen (secondary N) is 1. The molecule has 0 spiro atoms. The van der Waals surface area contributed by atoms with Crippen LogP contribution >= 0.6 is 11.3 Å². The summed E-state index contributed by atoms with van der Waals surface area (Å²) in [5, 5.41) is 9.50. The summed E-state index contributed by atoms with van der Waals surface area (Å²) in [5.41, 5.74) is 0. The van der Waals surface area contributed by atoms with Crippen molar-refractivity contribution in [3.8, 4) is 0 Å². The van der Waals surface area contributed by atoms with Gasteiger partial charge < -0.3 is 5.32 Å². The summed E-state index contributed by atoms with van der Waals surface area (Å²) in [5.74, 6) is -0.00422. The number of anilines is 1. The van der Waals surface area contributed by atoms with Crippen LogP contribution in [0, 0.1) is 0 Å². The highest BCUT2D eigenvalue weighted by atomic mass is 32.1. The molecular formula is C13H18N6OS. The predicted molar refractivity (Wildman–Crippen MR) is 80.0 cm³/mol. The van der Waals surface area contributed by atoms with Gasteiger partial charge in [-0.05, 0) is 19.4 Å². The van der Waals surface area contributed by atoms with Crippen LogP contribution in [0.25, 0.3) is 0 Å². The van der Waals surface area contributed by atoms with E-state index in [4.69, 9.17) is 0 Å². The molecule has 7 nitrogen and oxygen atoms in total. The second-order valence-electron chi connectivity index (χ2n) is 5.12. The SMILES string of the molecule is O=C(CN1CCCC[C@H]1Cn1cncn1)Nc1nccs1. The van der Waals surface area contributed by atoms with E-state index >= 15 is 0 Å². The lowest BCUT2D eigenvalue weighted by molar-refractivity contribution is -0.118. The van der Waals surface area contributed by atoms with E-state index in [1.54, 1.807) is 18.9 Å². The molecule has 3 heterocycles. The number of amides is 1. The van der Waals surface area contributed by atoms with Crippen molar-refractivity contribution in [1.29, 1.82) is 0 Å². The van der Waals surface area contributed by atoms with E-state index in [0.717, 1.165) is 25.9 Å². The maximum absolute atomic E-state index is 12.1. The molecular weight excluding hydrogens is 288 g/mol. The Morgan fingerprint density at radius 2 is 2.43 bits per heavy atom. The van der Waals surface area contributed by atoms with Gasteiger partial charge in [0.1, 0.15) is 12.7 Å². The summed E-state index contributed by atoms with van der Waals surface area (Å²) < 4.78 is 1.84. The Hall–Kier alpha value is -1.80. The number of likely N-dealkylation sites (tertiary alicyclic amines) is 1. The topological polar surface area (TPSA) is 75.9 Å². The van der Waals surface area contributed by atoms with Crippen LogP contribution in [0.3, 0.4) is 0 Å². The van der Waals surface area contributed by atoms with Crippen molar-refractivity contribution >= 4 is 22.4 Å². The van der Waals surface area contributed by atoms with Crippen molar-refractivity contribution in [3.05, 3.63) is 24.2 Å². The van der Waals surface area contributed by atoms with E-state index in [-0.39, 0.29) is 5.91 Å². The van der Waals surface area contributed by atoms with Gasteiger partial charge in [-0.3, -0.25) is 14.4 Å². The van der Waals surface area contributed by atoms with E-state index in [1.165, 1.54) is 17.8 Å². The molecule has 3 rings (SSSR count). The van der Waals surface area contributed by atoms with Crippen molar-refractivity contribution in [2.45, 2.75) is 31.8 Å². The van der Waals surface area contributed by atoms with Crippen LogP contribution < -0.4 is 5.32 Å². The molecule has 1 amide bonds. The minimum atomic E-state index is -0.00422. The summed E-state index contributed by atoms with van der Waals surface area (Å²) >= 11 is 1.43. The number of piperidine rings is 1. The Kier molecular flexibility index (Phi) is 4.56. The van der Waals surface area contributed by atoms with Crippen LogP contribution in [0.1, 0.15) is 19.3 Å². The van der Waals surface area contributed by atoms with E-state index < -0.39 is 0 Å². The Morgan fingerprint density at radius 1 is 1.48 bits per heavy atom. The molecule has 21 heavy (non-hydrogen) atoms. The Balaban J connectivity index is 1.57. The van der Waals surface area contributed by atoms with Gasteiger partial charge >= 0.3 is 0 Å². The summed E-state index contributed by atoms with van der Waals surface area (Å²) in [7, 11) is 0. The quantitative estimate of drug-likeness (QED) is 0.899. The fourth-order valence-corrected chi connectivity index (χ4v) is 3.19. The smallest absolute Gasteiger partial charge is 0.240 e. The molecule has 1 aliphatic heterocycles. The fourth-order valence-electron chi connectivity index (χ4n) is 2.65. The summed E-state index contributed by atoms with van der Waals surface area (Å²) in [6.45, 7) is 2.13. The van der Waals surface area contributed by atoms with Crippen molar-refractivity contribution in [1.82, 2.24) is 24.6 Å². The monoisotopic (exact) mass is 306 g/mol. The molecule has 2 aromatic heterocycles. The van der Waals surface area contributed by atoms with Gasteiger partial charge in [0, 0.05) is 17.6 Å². The number of carbonyl (C=O) groups excluding carboxylic acids is 1. The second-order valence-corrected chi connectivity index (χ2v) is 6.02. The minimum Gasteiger partial charge on any atom is -0.301 e. The summed E-state index contributed by atoms with van der Waals surface area (Å²) in [6.07, 6.45) is 8.38. The van der Waals surface area contributed by atoms with E-state index in [9.17, 15) is 4.79 Å². The number of hydrogen-bond donors (Lipinski definition) is 1. The molecule has 1 fully saturated rings. The van der Waals surface area contributed by atoms with Crippen molar-refractivity contribution in [2.75, 3.05) is 18.4 Å². The van der Waals surface area contributed by atoms with Gasteiger partial charge in [0.05, 0.1) is 13.1 Å². The highest BCUT2D eigenvalue weighted by molar-refractivity contribution is 7.13. The number of aromatic nitrogens is 4. The molecule has 0 bridgehead atoms. The number of hydrogen-bond acceptors (Lipinski definition) is 6. The first-order chi connectivity index (χ1) is 10.3. The molecule has 8 heteroatoms. The highest BCUT2D eigenvalue weighted by Gasteiger charge is 2.25. The zero-order valence-corrected chi connectivity index (χ0v) is 12.5. The third kappa shape index (κ3) is 3.85. The zero-order chi connectivity index (χ0) is 14.5. The number of rotatable bonds is 5. The molecule has 1 atom stereocenters. The molecule has 1 saturated heterocycles. The molecule has 0 radical (unpaired) electrons. The fraction of sp³-hybridized carbons (Fsp3) is 0.538. The molecule has 0 saturated carbocycles. The average Bonchev–Trinajstić information content (AvgIpc) is 3.14. The third-order valence-corrected chi connectivity index (χ3v) is 4.33. The van der Waals surface area contributed by atoms with Gasteiger partial charge in [-0.15, -0.1) is 11.3 Å². The normalized spacial score (nSPS) is 19.5. The lowest BCUT2D eigenvalue weighted by Gasteiger charge is -2.34. The highest BCUT2D eigenvalue weighted by Crippen LogP contribution is 2.18. The molecule has 0 unspecified atom stereocenters. The molecule has 0 aromatic carbocycles. The van der Waals surface area contributed by atoms with Crippen LogP contribution in [0.2, 0.25) is 0 Å². The Bertz CT molecular complexity index is 555. The maximum atomic E-state index is 12.1. The van der Waals surface area contributed by atoms with Gasteiger partial charge in [0.25, 0.3) is 0 Å². The number of thiazole rings is 1. The molecule has 1 aliphatic rings. The number of carbonyl (C=O) groups is 1. The predicted octanol–water partition coefficient (Wildman–Crippen LogP) is 1.23. The van der Waals surface area contributed by atoms with E-state index in [1.807, 2.05) is 10.1 Å². The van der Waals surface area contributed by atoms with E-state index in [0.29, 0.717) is 17.7 Å². The van der Waals surface area contributed by atoms with Crippen LogP contribution in [0.4, 0.5) is 5.13 Å². The molecule has 2 aromatic rings. The summed E-state index contributed by atoms with van der Waals surface area (Å²) in [4.78, 5) is 22.4. The largest absolute Gasteiger partial charge is 0.301 e. The van der Waals surface area contributed by atoms with Gasteiger partial charge in [0.15, 0.2) is 5.13 Å². The van der Waals surface area contributed by atoms with Gasteiger partial charge in [-0.1, -0.05) is 6.42 Å². The Labute approximate surface area is 127 Å². The van der Waals surface area contributed by atoms with Crippen molar-refractivity contribution in [3.63, 3.8) is 0 Å². The van der Waals surface area contributed by atoms with Gasteiger partial charge in [-0.2, -0.15) is 5.10 Å². The standard InChI is InChI=1S/C13H18N6OS/c20-12(17-13-15-4-6-21-13)8-18-5-2-1-3-11(18)7-19-10-14-9-16-19/h4,6,9-11H,1-3,5,7-8H2,(H,15,17,20)/t11-/m0/s1. The van der Waals surface area contributed by atoms with Crippen LogP contribution in [0.5, 0.6) is 0 Å². The number of nitrogens with zero attached hydrogens (tertiary/aromatic N) is 5. The Morgan fingerprint density at radius 3 is 3.19 bits per heavy atom. The van der Waals surface area contributed by atoms with Crippen LogP contribution in [-0.4, -0.2) is 49.7 Å². The first-order valence-corrected chi connectivity index (χ1v) is 7.95. The third-order valence-electron chi connectivity index (χ3n) is 3.64. The van der Waals surface area contributed by atoms with Crippen LogP contribution in [-0.2, 0) is 11.3 Å². The van der Waals surface area contributed by atoms with Crippen molar-refractivity contribution < 1.29 is 4.79 Å². The van der Waals surface area contributed by atoms with Crippen molar-refractivity contribution in [2.24, 2.45) is 0 Å². The molecule has 1 N–H and O–H groups in total. The first-order valence-electron chi connectivity index (χ1n) is 7.07. The lowest BCUT2D eigenvalue weighted by Crippen LogP contribution is -2.46. The maximum Gasteiger partial charge on any atom is 0.240 e. The second kappa shape index (κ2) is 6.77. The summed E-state index contributed by atoms with van der Waals surface area (Å²) in [6, 6.07) is 0.336. The molecule has 0 aliphatic carbocycles. The van der Waals surface area contributed by atoms with Gasteiger partial charge in [0.2, 0.25) is 5.91 Å². The zero-order valence-electron chi connectivity index (χ0n) is 11.7. The van der Waals surface area contributed by atoms with E-state index in [2.05, 4.69) is 25.3 Å². The lowest BCUT2D eigenvalue weighted by atomic mass is 10.0. The molecule has 112 valence electrons. The minimum absolute atomic E-state index is 0.00422. The average molecular weight is 306 g/mol. The van der Waals surface area contributed by atoms with Gasteiger partial charge in [-0.25, -0.2) is 9.97 Å². The first kappa shape index (κ1) is 14.2.